The highest BCUT2D eigenvalue weighted by atomic mass is 79.9. The van der Waals surface area contributed by atoms with Crippen LogP contribution in [0.2, 0.25) is 0 Å². The number of thiophene rings is 1. The Bertz CT molecular complexity index is 924. The van der Waals surface area contributed by atoms with Gasteiger partial charge in [0.15, 0.2) is 0 Å². The van der Waals surface area contributed by atoms with E-state index in [2.05, 4.69) is 45.1 Å². The summed E-state index contributed by atoms with van der Waals surface area (Å²) in [6, 6.07) is 5.85. The molecule has 0 aliphatic rings. The number of thioether (sulfide) groups is 1. The normalized spacial score (nSPS) is 11.0. The molecule has 1 amide bonds. The molecule has 0 aliphatic carbocycles. The van der Waals surface area contributed by atoms with Gasteiger partial charge in [-0.05, 0) is 60.0 Å². The van der Waals surface area contributed by atoms with Crippen molar-refractivity contribution in [3.8, 4) is 0 Å². The topological polar surface area (TPSA) is 54.9 Å². The van der Waals surface area contributed by atoms with Crippen molar-refractivity contribution in [2.24, 2.45) is 0 Å². The van der Waals surface area contributed by atoms with Crippen LogP contribution in [0, 0.1) is 20.8 Å². The summed E-state index contributed by atoms with van der Waals surface area (Å²) in [6.45, 7) is 6.17. The van der Waals surface area contributed by atoms with Gasteiger partial charge < -0.3 is 5.32 Å². The lowest BCUT2D eigenvalue weighted by Crippen LogP contribution is -2.14. The summed E-state index contributed by atoms with van der Waals surface area (Å²) in [4.78, 5) is 23.2. The second-order valence-corrected chi connectivity index (χ2v) is 8.48. The van der Waals surface area contributed by atoms with Gasteiger partial charge in [0.05, 0.1) is 11.4 Å². The molecule has 2 heterocycles. The summed E-state index contributed by atoms with van der Waals surface area (Å²) in [5, 5.41) is 4.85. The number of carbonyl (C=O) groups excluding carboxylic acids is 1. The van der Waals surface area contributed by atoms with Gasteiger partial charge in [-0.1, -0.05) is 17.8 Å². The molecule has 0 bridgehead atoms. The lowest BCUT2D eigenvalue weighted by atomic mass is 10.2. The lowest BCUT2D eigenvalue weighted by molar-refractivity contribution is -0.113. The number of nitrogens with zero attached hydrogens (tertiary/aromatic N) is 2. The molecule has 3 rings (SSSR count). The number of hydrogen-bond acceptors (Lipinski definition) is 5. The van der Waals surface area contributed by atoms with Crippen molar-refractivity contribution in [1.82, 2.24) is 9.97 Å². The first-order valence-corrected chi connectivity index (χ1v) is 9.94. The Labute approximate surface area is 157 Å². The molecule has 4 nitrogen and oxygen atoms in total. The summed E-state index contributed by atoms with van der Waals surface area (Å²) in [5.74, 6) is 0.252. The molecule has 2 aromatic heterocycles. The molecular weight excluding hydrogens is 406 g/mol. The van der Waals surface area contributed by atoms with Crippen molar-refractivity contribution < 1.29 is 4.79 Å². The molecule has 1 N–H and O–H groups in total. The van der Waals surface area contributed by atoms with Crippen molar-refractivity contribution in [3.05, 3.63) is 45.0 Å². The standard InChI is InChI=1S/C17H16BrN3OS2/c1-9-4-5-13(12(18)6-9)21-14(22)7-23-16-15-10(2)11(3)24-17(15)20-8-19-16/h4-6,8H,7H2,1-3H3,(H,21,22). The Hall–Kier alpha value is -1.44. The van der Waals surface area contributed by atoms with E-state index in [9.17, 15) is 4.79 Å². The number of carbonyl (C=O) groups is 1. The molecule has 7 heteroatoms. The second-order valence-electron chi connectivity index (χ2n) is 5.46. The third-order valence-electron chi connectivity index (χ3n) is 3.67. The molecule has 0 saturated carbocycles. The maximum atomic E-state index is 12.3. The molecule has 0 fully saturated rings. The van der Waals surface area contributed by atoms with Crippen molar-refractivity contribution in [3.63, 3.8) is 0 Å². The van der Waals surface area contributed by atoms with Gasteiger partial charge in [0.25, 0.3) is 0 Å². The molecule has 24 heavy (non-hydrogen) atoms. The van der Waals surface area contributed by atoms with Crippen molar-refractivity contribution >= 4 is 60.8 Å². The van der Waals surface area contributed by atoms with Crippen LogP contribution in [-0.4, -0.2) is 21.6 Å². The predicted molar refractivity (Wildman–Crippen MR) is 105 cm³/mol. The van der Waals surface area contributed by atoms with Crippen LogP contribution in [0.5, 0.6) is 0 Å². The van der Waals surface area contributed by atoms with Crippen LogP contribution in [0.3, 0.4) is 0 Å². The Kier molecular flexibility index (Phi) is 5.22. The third kappa shape index (κ3) is 3.63. The first-order valence-electron chi connectivity index (χ1n) is 7.35. The van der Waals surface area contributed by atoms with E-state index in [0.717, 1.165) is 31.0 Å². The highest BCUT2D eigenvalue weighted by Gasteiger charge is 2.14. The number of aromatic nitrogens is 2. The van der Waals surface area contributed by atoms with E-state index in [0.29, 0.717) is 5.75 Å². The number of aryl methyl sites for hydroxylation is 3. The fourth-order valence-electron chi connectivity index (χ4n) is 2.30. The highest BCUT2D eigenvalue weighted by Crippen LogP contribution is 2.34. The van der Waals surface area contributed by atoms with Gasteiger partial charge in [0.2, 0.25) is 5.91 Å². The van der Waals surface area contributed by atoms with Gasteiger partial charge in [-0.15, -0.1) is 11.3 Å². The van der Waals surface area contributed by atoms with Crippen LogP contribution in [-0.2, 0) is 4.79 Å². The number of amides is 1. The van der Waals surface area contributed by atoms with E-state index in [4.69, 9.17) is 0 Å². The van der Waals surface area contributed by atoms with Crippen LogP contribution in [0.1, 0.15) is 16.0 Å². The summed E-state index contributed by atoms with van der Waals surface area (Å²) in [7, 11) is 0. The minimum absolute atomic E-state index is 0.0547. The van der Waals surface area contributed by atoms with E-state index < -0.39 is 0 Å². The van der Waals surface area contributed by atoms with Crippen LogP contribution in [0.15, 0.2) is 34.0 Å². The molecule has 0 radical (unpaired) electrons. The van der Waals surface area contributed by atoms with Crippen molar-refractivity contribution in [1.29, 1.82) is 0 Å². The monoisotopic (exact) mass is 421 g/mol. The average molecular weight is 422 g/mol. The number of rotatable bonds is 4. The summed E-state index contributed by atoms with van der Waals surface area (Å²) in [5.41, 5.74) is 3.11. The van der Waals surface area contributed by atoms with Gasteiger partial charge in [-0.25, -0.2) is 9.97 Å². The maximum Gasteiger partial charge on any atom is 0.234 e. The molecule has 124 valence electrons. The van der Waals surface area contributed by atoms with E-state index in [1.54, 1.807) is 17.7 Å². The van der Waals surface area contributed by atoms with E-state index >= 15 is 0 Å². The lowest BCUT2D eigenvalue weighted by Gasteiger charge is -2.08. The zero-order valence-corrected chi connectivity index (χ0v) is 16.7. The van der Waals surface area contributed by atoms with Crippen LogP contribution >= 0.6 is 39.0 Å². The van der Waals surface area contributed by atoms with Gasteiger partial charge in [-0.2, -0.15) is 0 Å². The van der Waals surface area contributed by atoms with E-state index in [1.165, 1.54) is 22.2 Å². The molecule has 3 aromatic rings. The number of nitrogens with one attached hydrogen (secondary N) is 1. The fourth-order valence-corrected chi connectivity index (χ4v) is 4.81. The van der Waals surface area contributed by atoms with E-state index in [-0.39, 0.29) is 5.91 Å². The zero-order valence-electron chi connectivity index (χ0n) is 13.5. The first kappa shape index (κ1) is 17.4. The molecule has 0 unspecified atom stereocenters. The van der Waals surface area contributed by atoms with Crippen molar-refractivity contribution in [2.45, 2.75) is 25.8 Å². The summed E-state index contributed by atoms with van der Waals surface area (Å²) >= 11 is 6.58. The molecule has 0 atom stereocenters. The summed E-state index contributed by atoms with van der Waals surface area (Å²) in [6.07, 6.45) is 1.56. The van der Waals surface area contributed by atoms with Crippen molar-refractivity contribution in [2.75, 3.05) is 11.1 Å². The Morgan fingerprint density at radius 1 is 1.29 bits per heavy atom. The minimum atomic E-state index is -0.0547. The van der Waals surface area contributed by atoms with Crippen LogP contribution in [0.25, 0.3) is 10.2 Å². The second kappa shape index (κ2) is 7.21. The third-order valence-corrected chi connectivity index (χ3v) is 6.43. The molecule has 0 saturated heterocycles. The number of hydrogen-bond donors (Lipinski definition) is 1. The quantitative estimate of drug-likeness (QED) is 0.469. The van der Waals surface area contributed by atoms with Gasteiger partial charge in [-0.3, -0.25) is 4.79 Å². The highest BCUT2D eigenvalue weighted by molar-refractivity contribution is 9.10. The maximum absolute atomic E-state index is 12.3. The number of fused-ring (bicyclic) bond motifs is 1. The number of benzene rings is 1. The zero-order chi connectivity index (χ0) is 17.3. The van der Waals surface area contributed by atoms with Crippen LogP contribution in [0.4, 0.5) is 5.69 Å². The van der Waals surface area contributed by atoms with Gasteiger partial charge >= 0.3 is 0 Å². The largest absolute Gasteiger partial charge is 0.324 e. The SMILES string of the molecule is Cc1ccc(NC(=O)CSc2ncnc3sc(C)c(C)c23)c(Br)c1. The number of halogens is 1. The summed E-state index contributed by atoms with van der Waals surface area (Å²) < 4.78 is 0.884. The molecule has 1 aromatic carbocycles. The average Bonchev–Trinajstić information content (AvgIpc) is 2.83. The minimum Gasteiger partial charge on any atom is -0.324 e. The van der Waals surface area contributed by atoms with Crippen LogP contribution < -0.4 is 5.32 Å². The first-order chi connectivity index (χ1) is 11.5. The number of anilines is 1. The Morgan fingerprint density at radius 3 is 2.83 bits per heavy atom. The Balaban J connectivity index is 1.73. The molecular formula is C17H16BrN3OS2. The van der Waals surface area contributed by atoms with Gasteiger partial charge in [0.1, 0.15) is 16.2 Å². The Morgan fingerprint density at radius 2 is 2.08 bits per heavy atom. The fraction of sp³-hybridized carbons (Fsp3) is 0.235. The van der Waals surface area contributed by atoms with E-state index in [1.807, 2.05) is 25.1 Å². The smallest absolute Gasteiger partial charge is 0.234 e. The van der Waals surface area contributed by atoms with Gasteiger partial charge in [0, 0.05) is 14.7 Å². The molecule has 0 aliphatic heterocycles. The molecule has 0 spiro atoms. The predicted octanol–water partition coefficient (Wildman–Crippen LogP) is 5.11.